The lowest BCUT2D eigenvalue weighted by Gasteiger charge is -1.89. The molecular formula is C4H4BrF3Mg. The van der Waals surface area contributed by atoms with E-state index in [1.807, 2.05) is 0 Å². The SMILES string of the molecule is FC(F)=C(F)C[CH2][Mg][Br]. The van der Waals surface area contributed by atoms with Gasteiger partial charge >= 0.3 is 24.3 Å². The Morgan fingerprint density at radius 1 is 1.33 bits per heavy atom. The van der Waals surface area contributed by atoms with Gasteiger partial charge in [-0.25, -0.2) is 4.39 Å². The van der Waals surface area contributed by atoms with Crippen LogP contribution in [0.25, 0.3) is 0 Å². The van der Waals surface area contributed by atoms with Gasteiger partial charge in [-0.2, -0.15) is 8.78 Å². The Labute approximate surface area is 67.1 Å². The van der Waals surface area contributed by atoms with Crippen LogP contribution in [0.1, 0.15) is 6.42 Å². The summed E-state index contributed by atoms with van der Waals surface area (Å²) < 4.78 is 34.9. The molecule has 0 bridgehead atoms. The molecule has 0 aromatic heterocycles. The molecule has 9 heavy (non-hydrogen) atoms. The molecule has 0 nitrogen and oxygen atoms in total. The largest absolute Gasteiger partial charge is 0.469 e. The Hall–Kier alpha value is 0.776. The molecule has 50 valence electrons. The highest BCUT2D eigenvalue weighted by Crippen LogP contribution is 2.14. The van der Waals surface area contributed by atoms with Crippen LogP contribution in [-0.2, 0) is 0 Å². The van der Waals surface area contributed by atoms with Crippen molar-refractivity contribution in [2.75, 3.05) is 0 Å². The van der Waals surface area contributed by atoms with E-state index in [-0.39, 0.29) is 6.42 Å². The quantitative estimate of drug-likeness (QED) is 0.632. The van der Waals surface area contributed by atoms with Gasteiger partial charge in [-0.3, -0.25) is 0 Å². The third-order valence-electron chi connectivity index (χ3n) is 0.735. The van der Waals surface area contributed by atoms with E-state index in [9.17, 15) is 13.2 Å². The van der Waals surface area contributed by atoms with Crippen molar-refractivity contribution in [2.45, 2.75) is 11.0 Å². The average molecular weight is 213 g/mol. The summed E-state index contributed by atoms with van der Waals surface area (Å²) in [6, 6.07) is 0. The molecule has 0 radical (unpaired) electrons. The number of hydrogen-bond donors (Lipinski definition) is 0. The molecule has 0 spiro atoms. The zero-order chi connectivity index (χ0) is 7.28. The normalized spacial score (nSPS) is 8.44. The molecular weight excluding hydrogens is 209 g/mol. The third-order valence-corrected chi connectivity index (χ3v) is 3.04. The third kappa shape index (κ3) is 5.23. The van der Waals surface area contributed by atoms with Gasteiger partial charge in [0.15, 0.2) is 5.83 Å². The molecule has 0 aromatic rings. The van der Waals surface area contributed by atoms with Crippen LogP contribution in [0.4, 0.5) is 13.2 Å². The van der Waals surface area contributed by atoms with Crippen LogP contribution < -0.4 is 0 Å². The Morgan fingerprint density at radius 3 is 2.22 bits per heavy atom. The standard InChI is InChI=1S/C4H4F3.BrH.Mg/c1-2-3(5)4(6)7;;/h1-2H2;1H;/q;;+1/p-1. The van der Waals surface area contributed by atoms with Crippen molar-refractivity contribution in [1.29, 1.82) is 0 Å². The Morgan fingerprint density at radius 2 is 1.89 bits per heavy atom. The molecule has 0 heterocycles. The molecule has 0 fully saturated rings. The highest BCUT2D eigenvalue weighted by atomic mass is 79.9. The Balaban J connectivity index is 3.50. The zero-order valence-electron chi connectivity index (χ0n) is 4.63. The topological polar surface area (TPSA) is 0 Å². The van der Waals surface area contributed by atoms with Crippen molar-refractivity contribution < 1.29 is 13.2 Å². The van der Waals surface area contributed by atoms with E-state index in [0.29, 0.717) is 4.55 Å². The first-order valence-electron chi connectivity index (χ1n) is 2.44. The summed E-state index contributed by atoms with van der Waals surface area (Å²) in [4.78, 5) is 0. The van der Waals surface area contributed by atoms with Gasteiger partial charge < -0.3 is 12.9 Å². The van der Waals surface area contributed by atoms with Gasteiger partial charge in [0.2, 0.25) is 0 Å². The smallest absolute Gasteiger partial charge is 0.307 e. The maximum atomic E-state index is 11.8. The molecule has 0 aliphatic rings. The van der Waals surface area contributed by atoms with E-state index in [4.69, 9.17) is 0 Å². The van der Waals surface area contributed by atoms with Gasteiger partial charge in [-0.1, -0.05) is 0 Å². The predicted molar refractivity (Wildman–Crippen MR) is 34.5 cm³/mol. The van der Waals surface area contributed by atoms with Gasteiger partial charge in [0.25, 0.3) is 0 Å². The summed E-state index contributed by atoms with van der Waals surface area (Å²) in [7, 11) is 0. The Kier molecular flexibility index (Phi) is 6.03. The minimum absolute atomic E-state index is 0.111. The van der Waals surface area contributed by atoms with Crippen molar-refractivity contribution in [3.63, 3.8) is 0 Å². The highest BCUT2D eigenvalue weighted by Gasteiger charge is 2.03. The van der Waals surface area contributed by atoms with E-state index in [2.05, 4.69) is 12.9 Å². The summed E-state index contributed by atoms with van der Waals surface area (Å²) in [6.07, 6.45) is -2.29. The second-order valence-electron chi connectivity index (χ2n) is 1.46. The number of rotatable bonds is 3. The fourth-order valence-electron chi connectivity index (χ4n) is 0.317. The first-order valence-corrected chi connectivity index (χ1v) is 7.34. The molecule has 0 aliphatic carbocycles. The lowest BCUT2D eigenvalue weighted by Crippen LogP contribution is -1.79. The van der Waals surface area contributed by atoms with E-state index in [0.717, 1.165) is 0 Å². The van der Waals surface area contributed by atoms with Crippen LogP contribution in [0.15, 0.2) is 11.9 Å². The molecule has 0 N–H and O–H groups in total. The number of halogens is 4. The Bertz CT molecular complexity index is 110. The fraction of sp³-hybridized carbons (Fsp3) is 0.500. The van der Waals surface area contributed by atoms with E-state index in [1.165, 1.54) is 0 Å². The van der Waals surface area contributed by atoms with Crippen molar-refractivity contribution in [3.05, 3.63) is 11.9 Å². The molecule has 5 heteroatoms. The van der Waals surface area contributed by atoms with Crippen LogP contribution in [0.2, 0.25) is 4.55 Å². The van der Waals surface area contributed by atoms with Crippen LogP contribution in [-0.4, -0.2) is 18.2 Å². The number of hydrogen-bond acceptors (Lipinski definition) is 0. The molecule has 0 unspecified atom stereocenters. The van der Waals surface area contributed by atoms with Gasteiger partial charge in [0, 0.05) is 0 Å². The van der Waals surface area contributed by atoms with Gasteiger partial charge in [-0.05, 0) is 6.42 Å². The van der Waals surface area contributed by atoms with E-state index < -0.39 is 30.1 Å². The van der Waals surface area contributed by atoms with Crippen molar-refractivity contribution in [2.24, 2.45) is 0 Å². The molecule has 0 aromatic carbocycles. The summed E-state index contributed by atoms with van der Waals surface area (Å²) in [6.45, 7) is 0. The monoisotopic (exact) mass is 212 g/mol. The summed E-state index contributed by atoms with van der Waals surface area (Å²) >= 11 is 2.68. The van der Waals surface area contributed by atoms with Crippen molar-refractivity contribution >= 4 is 31.1 Å². The summed E-state index contributed by atoms with van der Waals surface area (Å²) in [5.41, 5.74) is 0. The first-order chi connectivity index (χ1) is 4.18. The van der Waals surface area contributed by atoms with Crippen LogP contribution in [0.5, 0.6) is 0 Å². The molecule has 0 atom stereocenters. The van der Waals surface area contributed by atoms with Crippen molar-refractivity contribution in [1.82, 2.24) is 0 Å². The minimum atomic E-state index is -2.18. The molecule has 0 rings (SSSR count). The average Bonchev–Trinajstić information content (AvgIpc) is 1.82. The minimum Gasteiger partial charge on any atom is -0.307 e. The number of allylic oxidation sites excluding steroid dienone is 1. The van der Waals surface area contributed by atoms with Gasteiger partial charge in [0.05, 0.1) is 0 Å². The van der Waals surface area contributed by atoms with Crippen LogP contribution >= 0.6 is 12.9 Å². The van der Waals surface area contributed by atoms with E-state index >= 15 is 0 Å². The van der Waals surface area contributed by atoms with Crippen LogP contribution in [0.3, 0.4) is 0 Å². The molecule has 0 saturated carbocycles. The van der Waals surface area contributed by atoms with Gasteiger partial charge in [-0.15, -0.1) is 4.55 Å². The predicted octanol–water partition coefficient (Wildman–Crippen LogP) is 2.89. The first kappa shape index (κ1) is 9.78. The zero-order valence-corrected chi connectivity index (χ0v) is 7.63. The molecule has 0 aliphatic heterocycles. The maximum absolute atomic E-state index is 11.8. The second kappa shape index (κ2) is 5.55. The fourth-order valence-corrected chi connectivity index (χ4v) is 1.60. The van der Waals surface area contributed by atoms with Crippen molar-refractivity contribution in [3.8, 4) is 0 Å². The summed E-state index contributed by atoms with van der Waals surface area (Å²) in [5.74, 6) is -1.26. The van der Waals surface area contributed by atoms with Gasteiger partial charge in [0.1, 0.15) is 0 Å². The highest BCUT2D eigenvalue weighted by molar-refractivity contribution is 9.23. The lowest BCUT2D eigenvalue weighted by molar-refractivity contribution is 0.373. The maximum Gasteiger partial charge on any atom is 0.469 e. The van der Waals surface area contributed by atoms with E-state index in [1.54, 1.807) is 0 Å². The van der Waals surface area contributed by atoms with Crippen LogP contribution in [0, 0.1) is 0 Å². The summed E-state index contributed by atoms with van der Waals surface area (Å²) in [5, 5.41) is 0. The lowest BCUT2D eigenvalue weighted by atomic mass is 10.4. The molecule has 0 amide bonds. The molecule has 0 saturated heterocycles. The second-order valence-corrected chi connectivity index (χ2v) is 4.92.